The van der Waals surface area contributed by atoms with E-state index in [2.05, 4.69) is 5.32 Å². The van der Waals surface area contributed by atoms with Crippen LogP contribution in [0.5, 0.6) is 0 Å². The van der Waals surface area contributed by atoms with Gasteiger partial charge in [0.1, 0.15) is 0 Å². The van der Waals surface area contributed by atoms with E-state index in [1.165, 1.54) is 12.1 Å². The van der Waals surface area contributed by atoms with Crippen LogP contribution in [0.2, 0.25) is 0 Å². The van der Waals surface area contributed by atoms with Gasteiger partial charge in [-0.3, -0.25) is 0 Å². The Kier molecular flexibility index (Phi) is 3.62. The van der Waals surface area contributed by atoms with Crippen molar-refractivity contribution < 1.29 is 18.3 Å². The number of aliphatic hydroxyl groups excluding tert-OH is 1. The SMILES string of the molecule is Nc1ccc(NCC2(CCO)CC2)c(C(F)(F)F)c1. The summed E-state index contributed by atoms with van der Waals surface area (Å²) in [7, 11) is 0. The number of nitrogens with two attached hydrogens (primary N) is 1. The summed E-state index contributed by atoms with van der Waals surface area (Å²) in [6.07, 6.45) is -1.92. The maximum atomic E-state index is 12.9. The van der Waals surface area contributed by atoms with Crippen LogP contribution in [0, 0.1) is 5.41 Å². The number of hydrogen-bond donors (Lipinski definition) is 3. The molecule has 0 aliphatic heterocycles. The number of nitrogen functional groups attached to an aromatic ring is 1. The Hall–Kier alpha value is -1.43. The molecule has 0 saturated heterocycles. The summed E-state index contributed by atoms with van der Waals surface area (Å²) < 4.78 is 38.6. The minimum absolute atomic E-state index is 0.0427. The van der Waals surface area contributed by atoms with E-state index in [0.717, 1.165) is 18.9 Å². The Balaban J connectivity index is 2.12. The Morgan fingerprint density at radius 1 is 1.32 bits per heavy atom. The Morgan fingerprint density at radius 2 is 2.00 bits per heavy atom. The van der Waals surface area contributed by atoms with E-state index in [0.29, 0.717) is 13.0 Å². The first kappa shape index (κ1) is 14.0. The average molecular weight is 274 g/mol. The monoisotopic (exact) mass is 274 g/mol. The highest BCUT2D eigenvalue weighted by atomic mass is 19.4. The first-order chi connectivity index (χ1) is 8.86. The number of alkyl halides is 3. The summed E-state index contributed by atoms with van der Waals surface area (Å²) in [5.41, 5.74) is 4.76. The molecule has 4 N–H and O–H groups in total. The van der Waals surface area contributed by atoms with Crippen LogP contribution in [-0.4, -0.2) is 18.3 Å². The molecule has 0 atom stereocenters. The first-order valence-electron chi connectivity index (χ1n) is 6.18. The summed E-state index contributed by atoms with van der Waals surface area (Å²) >= 11 is 0. The minimum atomic E-state index is -4.43. The average Bonchev–Trinajstić information content (AvgIpc) is 3.07. The number of rotatable bonds is 5. The molecule has 1 aromatic rings. The molecule has 0 radical (unpaired) electrons. The molecule has 0 spiro atoms. The molecule has 106 valence electrons. The van der Waals surface area contributed by atoms with Crippen LogP contribution in [0.4, 0.5) is 24.5 Å². The van der Waals surface area contributed by atoms with Gasteiger partial charge in [-0.2, -0.15) is 13.2 Å². The summed E-state index contributed by atoms with van der Waals surface area (Å²) in [4.78, 5) is 0. The number of aliphatic hydroxyl groups is 1. The quantitative estimate of drug-likeness (QED) is 0.724. The van der Waals surface area contributed by atoms with Crippen LogP contribution >= 0.6 is 0 Å². The van der Waals surface area contributed by atoms with Crippen molar-refractivity contribution in [2.24, 2.45) is 5.41 Å². The van der Waals surface area contributed by atoms with Gasteiger partial charge in [-0.15, -0.1) is 0 Å². The third-order valence-electron chi connectivity index (χ3n) is 3.60. The van der Waals surface area contributed by atoms with Gasteiger partial charge < -0.3 is 16.2 Å². The van der Waals surface area contributed by atoms with Crippen molar-refractivity contribution in [3.63, 3.8) is 0 Å². The van der Waals surface area contributed by atoms with Crippen molar-refractivity contribution in [3.05, 3.63) is 23.8 Å². The van der Waals surface area contributed by atoms with Gasteiger partial charge in [-0.05, 0) is 42.9 Å². The van der Waals surface area contributed by atoms with Crippen molar-refractivity contribution in [3.8, 4) is 0 Å². The summed E-state index contributed by atoms with van der Waals surface area (Å²) in [5, 5.41) is 11.8. The second-order valence-corrected chi connectivity index (χ2v) is 5.13. The van der Waals surface area contributed by atoms with Gasteiger partial charge >= 0.3 is 6.18 Å². The maximum Gasteiger partial charge on any atom is 0.418 e. The standard InChI is InChI=1S/C13H17F3N2O/c14-13(15,16)10-7-9(17)1-2-11(10)18-8-12(3-4-12)5-6-19/h1-2,7,18-19H,3-6,8,17H2. The molecule has 1 aliphatic rings. The van der Waals surface area contributed by atoms with Gasteiger partial charge in [0.2, 0.25) is 0 Å². The highest BCUT2D eigenvalue weighted by Crippen LogP contribution is 2.49. The van der Waals surface area contributed by atoms with E-state index >= 15 is 0 Å². The molecular formula is C13H17F3N2O. The molecule has 1 saturated carbocycles. The minimum Gasteiger partial charge on any atom is -0.399 e. The van der Waals surface area contributed by atoms with Crippen LogP contribution < -0.4 is 11.1 Å². The Bertz CT molecular complexity index is 456. The molecule has 2 rings (SSSR count). The van der Waals surface area contributed by atoms with Crippen molar-refractivity contribution in [1.82, 2.24) is 0 Å². The predicted molar refractivity (Wildman–Crippen MR) is 67.7 cm³/mol. The third kappa shape index (κ3) is 3.32. The zero-order valence-electron chi connectivity index (χ0n) is 10.4. The van der Waals surface area contributed by atoms with Gasteiger partial charge in [-0.1, -0.05) is 0 Å². The van der Waals surface area contributed by atoms with Crippen LogP contribution in [0.3, 0.4) is 0 Å². The van der Waals surface area contributed by atoms with Crippen molar-refractivity contribution in [2.45, 2.75) is 25.4 Å². The molecule has 0 bridgehead atoms. The lowest BCUT2D eigenvalue weighted by Crippen LogP contribution is -2.19. The Labute approximate surface area is 109 Å². The number of benzene rings is 1. The molecule has 0 heterocycles. The van der Waals surface area contributed by atoms with Gasteiger partial charge in [-0.25, -0.2) is 0 Å². The van der Waals surface area contributed by atoms with Crippen LogP contribution in [-0.2, 0) is 6.18 Å². The molecule has 1 aliphatic carbocycles. The summed E-state index contributed by atoms with van der Waals surface area (Å²) in [6, 6.07) is 3.74. The molecular weight excluding hydrogens is 257 g/mol. The van der Waals surface area contributed by atoms with Crippen molar-refractivity contribution in [1.29, 1.82) is 0 Å². The zero-order chi connectivity index (χ0) is 14.1. The lowest BCUT2D eigenvalue weighted by Gasteiger charge is -2.19. The number of hydrogen-bond acceptors (Lipinski definition) is 3. The lowest BCUT2D eigenvalue weighted by atomic mass is 10.0. The van der Waals surface area contributed by atoms with E-state index in [9.17, 15) is 13.2 Å². The van der Waals surface area contributed by atoms with Crippen LogP contribution in [0.15, 0.2) is 18.2 Å². The zero-order valence-corrected chi connectivity index (χ0v) is 10.4. The molecule has 0 unspecified atom stereocenters. The van der Waals surface area contributed by atoms with Gasteiger partial charge in [0, 0.05) is 24.5 Å². The molecule has 19 heavy (non-hydrogen) atoms. The van der Waals surface area contributed by atoms with E-state index in [1.807, 2.05) is 0 Å². The lowest BCUT2D eigenvalue weighted by molar-refractivity contribution is -0.136. The van der Waals surface area contributed by atoms with Crippen LogP contribution in [0.1, 0.15) is 24.8 Å². The van der Waals surface area contributed by atoms with E-state index in [-0.39, 0.29) is 23.4 Å². The highest BCUT2D eigenvalue weighted by Gasteiger charge is 2.42. The topological polar surface area (TPSA) is 58.3 Å². The van der Waals surface area contributed by atoms with Crippen LogP contribution in [0.25, 0.3) is 0 Å². The molecule has 3 nitrogen and oxygen atoms in total. The Morgan fingerprint density at radius 3 is 2.53 bits per heavy atom. The molecule has 0 amide bonds. The fourth-order valence-electron chi connectivity index (χ4n) is 2.16. The number of anilines is 2. The third-order valence-corrected chi connectivity index (χ3v) is 3.60. The van der Waals surface area contributed by atoms with E-state index < -0.39 is 11.7 Å². The number of nitrogens with one attached hydrogen (secondary N) is 1. The first-order valence-corrected chi connectivity index (χ1v) is 6.18. The van der Waals surface area contributed by atoms with Crippen molar-refractivity contribution >= 4 is 11.4 Å². The molecule has 1 aromatic carbocycles. The van der Waals surface area contributed by atoms with Gasteiger partial charge in [0.15, 0.2) is 0 Å². The summed E-state index contributed by atoms with van der Waals surface area (Å²) in [5.74, 6) is 0. The predicted octanol–water partition coefficient (Wildman–Crippen LogP) is 2.86. The normalized spacial score (nSPS) is 17.3. The largest absolute Gasteiger partial charge is 0.418 e. The molecule has 6 heteroatoms. The maximum absolute atomic E-state index is 12.9. The smallest absolute Gasteiger partial charge is 0.399 e. The number of halogens is 3. The van der Waals surface area contributed by atoms with Crippen molar-refractivity contribution in [2.75, 3.05) is 24.2 Å². The summed E-state index contributed by atoms with van der Waals surface area (Å²) in [6.45, 7) is 0.510. The second kappa shape index (κ2) is 4.92. The molecule has 1 fully saturated rings. The fourth-order valence-corrected chi connectivity index (χ4v) is 2.16. The second-order valence-electron chi connectivity index (χ2n) is 5.13. The van der Waals surface area contributed by atoms with Gasteiger partial charge in [0.05, 0.1) is 5.56 Å². The van der Waals surface area contributed by atoms with Gasteiger partial charge in [0.25, 0.3) is 0 Å². The van der Waals surface area contributed by atoms with E-state index in [1.54, 1.807) is 0 Å². The molecule has 0 aromatic heterocycles. The fraction of sp³-hybridized carbons (Fsp3) is 0.538. The van der Waals surface area contributed by atoms with E-state index in [4.69, 9.17) is 10.8 Å². The highest BCUT2D eigenvalue weighted by molar-refractivity contribution is 5.59.